The van der Waals surface area contributed by atoms with E-state index in [1.54, 1.807) is 0 Å². The maximum Gasteiger partial charge on any atom is 0.100 e. The van der Waals surface area contributed by atoms with Crippen molar-refractivity contribution in [2.24, 2.45) is 0 Å². The topological polar surface area (TPSA) is 50.1 Å². The molecule has 150 valence electrons. The van der Waals surface area contributed by atoms with Gasteiger partial charge in [0, 0.05) is 74.2 Å². The molecule has 3 atom stereocenters. The van der Waals surface area contributed by atoms with Crippen LogP contribution in [0.3, 0.4) is 0 Å². The minimum absolute atomic E-state index is 0.314. The molecule has 0 spiro atoms. The standard InChI is InChI=1S/C23H28N6/c1-3-9-25-21(5-1)19-7-12-27(15-19)17-23(29-14-11-24-18-29)28-13-8-20(16-28)22-6-2-4-10-26-22/h1-6,9-11,14,18-20,23H,7-8,12-13,15-17H2. The van der Waals surface area contributed by atoms with E-state index in [4.69, 9.17) is 0 Å². The molecule has 0 N–H and O–H groups in total. The van der Waals surface area contributed by atoms with Crippen LogP contribution in [0.25, 0.3) is 0 Å². The lowest BCUT2D eigenvalue weighted by Crippen LogP contribution is -2.39. The second kappa shape index (κ2) is 8.43. The smallest absolute Gasteiger partial charge is 0.100 e. The van der Waals surface area contributed by atoms with Crippen molar-refractivity contribution in [3.63, 3.8) is 0 Å². The average molecular weight is 389 g/mol. The van der Waals surface area contributed by atoms with Crippen LogP contribution in [0, 0.1) is 0 Å². The third-order valence-electron chi connectivity index (χ3n) is 6.42. The van der Waals surface area contributed by atoms with Gasteiger partial charge in [0.1, 0.15) is 6.17 Å². The molecule has 0 amide bonds. The zero-order valence-electron chi connectivity index (χ0n) is 16.7. The van der Waals surface area contributed by atoms with E-state index in [9.17, 15) is 0 Å². The quantitative estimate of drug-likeness (QED) is 0.649. The Morgan fingerprint density at radius 1 is 0.862 bits per heavy atom. The molecule has 6 nitrogen and oxygen atoms in total. The fourth-order valence-electron chi connectivity index (χ4n) is 4.85. The Balaban J connectivity index is 1.28. The van der Waals surface area contributed by atoms with Crippen molar-refractivity contribution in [2.45, 2.75) is 30.8 Å². The summed E-state index contributed by atoms with van der Waals surface area (Å²) in [6.07, 6.45) is 12.4. The Morgan fingerprint density at radius 2 is 1.59 bits per heavy atom. The minimum Gasteiger partial charge on any atom is -0.320 e. The van der Waals surface area contributed by atoms with Gasteiger partial charge in [-0.3, -0.25) is 19.8 Å². The van der Waals surface area contributed by atoms with Crippen LogP contribution >= 0.6 is 0 Å². The third kappa shape index (κ3) is 4.09. The van der Waals surface area contributed by atoms with Crippen molar-refractivity contribution >= 4 is 0 Å². The molecule has 0 aliphatic carbocycles. The molecule has 2 saturated heterocycles. The first-order valence-corrected chi connectivity index (χ1v) is 10.6. The highest BCUT2D eigenvalue weighted by atomic mass is 15.3. The molecule has 2 aliphatic rings. The van der Waals surface area contributed by atoms with Crippen molar-refractivity contribution < 1.29 is 0 Å². The van der Waals surface area contributed by atoms with Gasteiger partial charge >= 0.3 is 0 Å². The molecule has 5 rings (SSSR count). The highest BCUT2D eigenvalue weighted by Crippen LogP contribution is 2.32. The van der Waals surface area contributed by atoms with E-state index < -0.39 is 0 Å². The molecule has 3 aromatic heterocycles. The molecule has 2 aliphatic heterocycles. The van der Waals surface area contributed by atoms with Gasteiger partial charge in [0.25, 0.3) is 0 Å². The van der Waals surface area contributed by atoms with Crippen LogP contribution in [0.4, 0.5) is 0 Å². The summed E-state index contributed by atoms with van der Waals surface area (Å²) in [6.45, 7) is 5.39. The summed E-state index contributed by atoms with van der Waals surface area (Å²) >= 11 is 0. The number of aromatic nitrogens is 4. The SMILES string of the molecule is c1ccc(C2CCN(CC(N3CCC(c4ccccn4)C3)n3ccnc3)C2)nc1. The molecule has 0 bridgehead atoms. The number of hydrogen-bond acceptors (Lipinski definition) is 5. The minimum atomic E-state index is 0.314. The van der Waals surface area contributed by atoms with Crippen molar-refractivity contribution in [3.8, 4) is 0 Å². The van der Waals surface area contributed by atoms with Gasteiger partial charge in [0.15, 0.2) is 0 Å². The van der Waals surface area contributed by atoms with Crippen LogP contribution in [-0.2, 0) is 0 Å². The number of pyridine rings is 2. The summed E-state index contributed by atoms with van der Waals surface area (Å²) < 4.78 is 2.27. The van der Waals surface area contributed by atoms with E-state index >= 15 is 0 Å². The summed E-state index contributed by atoms with van der Waals surface area (Å²) in [5, 5.41) is 0. The maximum absolute atomic E-state index is 4.60. The van der Waals surface area contributed by atoms with Gasteiger partial charge in [-0.15, -0.1) is 0 Å². The van der Waals surface area contributed by atoms with Gasteiger partial charge in [-0.25, -0.2) is 4.98 Å². The fourth-order valence-corrected chi connectivity index (χ4v) is 4.85. The van der Waals surface area contributed by atoms with Gasteiger partial charge in [0.05, 0.1) is 6.33 Å². The van der Waals surface area contributed by atoms with Crippen LogP contribution in [0.15, 0.2) is 67.5 Å². The van der Waals surface area contributed by atoms with Crippen molar-refractivity contribution in [1.29, 1.82) is 0 Å². The van der Waals surface area contributed by atoms with Crippen LogP contribution in [0.2, 0.25) is 0 Å². The number of imidazole rings is 1. The number of hydrogen-bond donors (Lipinski definition) is 0. The predicted octanol–water partition coefficient (Wildman–Crippen LogP) is 3.15. The molecule has 5 heterocycles. The van der Waals surface area contributed by atoms with E-state index in [1.807, 2.05) is 37.1 Å². The predicted molar refractivity (Wildman–Crippen MR) is 112 cm³/mol. The van der Waals surface area contributed by atoms with Crippen molar-refractivity contribution in [3.05, 3.63) is 78.9 Å². The molecule has 3 unspecified atom stereocenters. The molecular formula is C23H28N6. The number of rotatable bonds is 6. The van der Waals surface area contributed by atoms with Gasteiger partial charge in [0.2, 0.25) is 0 Å². The summed E-state index contributed by atoms with van der Waals surface area (Å²) in [7, 11) is 0. The summed E-state index contributed by atoms with van der Waals surface area (Å²) in [4.78, 5) is 18.7. The molecule has 0 saturated carbocycles. The van der Waals surface area contributed by atoms with E-state index in [1.165, 1.54) is 24.2 Å². The Kier molecular flexibility index (Phi) is 5.37. The maximum atomic E-state index is 4.60. The van der Waals surface area contributed by atoms with Crippen LogP contribution in [0.5, 0.6) is 0 Å². The highest BCUT2D eigenvalue weighted by molar-refractivity contribution is 5.13. The van der Waals surface area contributed by atoms with Crippen LogP contribution in [0.1, 0.15) is 42.2 Å². The highest BCUT2D eigenvalue weighted by Gasteiger charge is 2.33. The molecule has 3 aromatic rings. The second-order valence-electron chi connectivity index (χ2n) is 8.23. The average Bonchev–Trinajstić information content (AvgIpc) is 3.55. The fraction of sp³-hybridized carbons (Fsp3) is 0.435. The van der Waals surface area contributed by atoms with Gasteiger partial charge in [-0.05, 0) is 43.7 Å². The normalized spacial score (nSPS) is 24.1. The lowest BCUT2D eigenvalue weighted by Gasteiger charge is -2.32. The monoisotopic (exact) mass is 388 g/mol. The largest absolute Gasteiger partial charge is 0.320 e. The van der Waals surface area contributed by atoms with Gasteiger partial charge in [-0.2, -0.15) is 0 Å². The molecule has 29 heavy (non-hydrogen) atoms. The lowest BCUT2D eigenvalue weighted by atomic mass is 10.0. The first-order chi connectivity index (χ1) is 14.4. The van der Waals surface area contributed by atoms with E-state index in [0.29, 0.717) is 18.0 Å². The van der Waals surface area contributed by atoms with Gasteiger partial charge < -0.3 is 4.57 Å². The van der Waals surface area contributed by atoms with E-state index in [0.717, 1.165) is 32.7 Å². The summed E-state index contributed by atoms with van der Waals surface area (Å²) in [5.74, 6) is 1.06. The lowest BCUT2D eigenvalue weighted by molar-refractivity contribution is 0.122. The molecular weight excluding hydrogens is 360 g/mol. The Labute approximate surface area is 172 Å². The summed E-state index contributed by atoms with van der Waals surface area (Å²) in [6, 6.07) is 12.5. The molecule has 0 radical (unpaired) electrons. The zero-order chi connectivity index (χ0) is 19.5. The summed E-state index contributed by atoms with van der Waals surface area (Å²) in [5.41, 5.74) is 2.45. The van der Waals surface area contributed by atoms with Crippen molar-refractivity contribution in [2.75, 3.05) is 32.7 Å². The second-order valence-corrected chi connectivity index (χ2v) is 8.23. The Hall–Kier alpha value is -2.57. The number of likely N-dealkylation sites (tertiary alicyclic amines) is 2. The zero-order valence-corrected chi connectivity index (χ0v) is 16.7. The number of nitrogens with zero attached hydrogens (tertiary/aromatic N) is 6. The van der Waals surface area contributed by atoms with Gasteiger partial charge in [-0.1, -0.05) is 12.1 Å². The third-order valence-corrected chi connectivity index (χ3v) is 6.42. The first-order valence-electron chi connectivity index (χ1n) is 10.6. The van der Waals surface area contributed by atoms with E-state index in [2.05, 4.69) is 59.8 Å². The molecule has 6 heteroatoms. The molecule has 2 fully saturated rings. The van der Waals surface area contributed by atoms with E-state index in [-0.39, 0.29) is 0 Å². The van der Waals surface area contributed by atoms with Crippen LogP contribution < -0.4 is 0 Å². The van der Waals surface area contributed by atoms with Crippen LogP contribution in [-0.4, -0.2) is 62.0 Å². The molecule has 0 aromatic carbocycles. The Bertz CT molecular complexity index is 882. The Morgan fingerprint density at radius 3 is 2.24 bits per heavy atom. The van der Waals surface area contributed by atoms with Crippen molar-refractivity contribution in [1.82, 2.24) is 29.3 Å². The first kappa shape index (κ1) is 18.5.